The van der Waals surface area contributed by atoms with Gasteiger partial charge in [-0.25, -0.2) is 4.99 Å². The van der Waals surface area contributed by atoms with Gasteiger partial charge in [0.15, 0.2) is 0 Å². The minimum absolute atomic E-state index is 0.299. The number of aliphatic imine (C=N–C) groups is 1. The molecule has 0 spiro atoms. The summed E-state index contributed by atoms with van der Waals surface area (Å²) in [6, 6.07) is 7.11. The van der Waals surface area contributed by atoms with E-state index in [1.54, 1.807) is 25.2 Å². The number of hydrogen-bond acceptors (Lipinski definition) is 2. The van der Waals surface area contributed by atoms with Crippen molar-refractivity contribution in [1.29, 1.82) is 0 Å². The average molecular weight is 162 g/mol. The largest absolute Gasteiger partial charge is 0.388 e. The molecule has 1 amide bonds. The molecular formula is C9H10N2O. The second kappa shape index (κ2) is 3.67. The van der Waals surface area contributed by atoms with Gasteiger partial charge in [0.1, 0.15) is 0 Å². The van der Waals surface area contributed by atoms with Gasteiger partial charge >= 0.3 is 0 Å². The van der Waals surface area contributed by atoms with Crippen LogP contribution in [0.4, 0.5) is 5.69 Å². The zero-order valence-electron chi connectivity index (χ0n) is 6.87. The number of carbonyl (C=O) groups is 1. The molecule has 0 unspecified atom stereocenters. The van der Waals surface area contributed by atoms with E-state index in [9.17, 15) is 4.79 Å². The number of hydrogen-bond donors (Lipinski definition) is 1. The minimum atomic E-state index is -0.299. The Bertz CT molecular complexity index is 307. The van der Waals surface area contributed by atoms with Gasteiger partial charge in [0.2, 0.25) is 0 Å². The molecule has 0 aliphatic rings. The summed E-state index contributed by atoms with van der Waals surface area (Å²) in [6.45, 7) is 3.17. The molecule has 3 nitrogen and oxygen atoms in total. The van der Waals surface area contributed by atoms with E-state index in [2.05, 4.69) is 17.0 Å². The SMILES string of the molecule is C=NC(=O)c1cccc(NC)c1. The Labute approximate surface area is 71.1 Å². The molecule has 1 aromatic carbocycles. The summed E-state index contributed by atoms with van der Waals surface area (Å²) in [5.74, 6) is -0.299. The van der Waals surface area contributed by atoms with E-state index in [-0.39, 0.29) is 5.91 Å². The van der Waals surface area contributed by atoms with Crippen molar-refractivity contribution in [2.75, 3.05) is 12.4 Å². The lowest BCUT2D eigenvalue weighted by atomic mass is 10.2. The highest BCUT2D eigenvalue weighted by molar-refractivity contribution is 5.97. The highest BCUT2D eigenvalue weighted by atomic mass is 16.1. The van der Waals surface area contributed by atoms with Crippen LogP contribution in [0.5, 0.6) is 0 Å². The highest BCUT2D eigenvalue weighted by Gasteiger charge is 2.01. The van der Waals surface area contributed by atoms with Gasteiger partial charge < -0.3 is 5.32 Å². The van der Waals surface area contributed by atoms with E-state index < -0.39 is 0 Å². The first kappa shape index (κ1) is 8.46. The molecule has 0 saturated heterocycles. The van der Waals surface area contributed by atoms with Crippen LogP contribution in [-0.2, 0) is 0 Å². The maximum Gasteiger partial charge on any atom is 0.276 e. The lowest BCUT2D eigenvalue weighted by molar-refractivity contribution is 0.100. The van der Waals surface area contributed by atoms with Crippen LogP contribution >= 0.6 is 0 Å². The molecule has 0 radical (unpaired) electrons. The molecule has 0 aliphatic heterocycles. The molecule has 62 valence electrons. The summed E-state index contributed by atoms with van der Waals surface area (Å²) in [4.78, 5) is 14.3. The predicted molar refractivity (Wildman–Crippen MR) is 49.9 cm³/mol. The molecule has 12 heavy (non-hydrogen) atoms. The fourth-order valence-electron chi connectivity index (χ4n) is 0.899. The topological polar surface area (TPSA) is 41.5 Å². The minimum Gasteiger partial charge on any atom is -0.388 e. The van der Waals surface area contributed by atoms with Gasteiger partial charge in [-0.1, -0.05) is 6.07 Å². The number of benzene rings is 1. The third-order valence-corrected chi connectivity index (χ3v) is 1.54. The molecule has 0 bridgehead atoms. The molecule has 1 rings (SSSR count). The van der Waals surface area contributed by atoms with Crippen molar-refractivity contribution in [2.45, 2.75) is 0 Å². The lowest BCUT2D eigenvalue weighted by Crippen LogP contribution is -1.95. The lowest BCUT2D eigenvalue weighted by Gasteiger charge is -2.00. The second-order valence-electron chi connectivity index (χ2n) is 2.29. The Kier molecular flexibility index (Phi) is 2.58. The van der Waals surface area contributed by atoms with Crippen LogP contribution in [0.2, 0.25) is 0 Å². The monoisotopic (exact) mass is 162 g/mol. The Morgan fingerprint density at radius 3 is 2.92 bits per heavy atom. The Morgan fingerprint density at radius 2 is 2.33 bits per heavy atom. The predicted octanol–water partition coefficient (Wildman–Crippen LogP) is 1.57. The molecule has 0 heterocycles. The van der Waals surface area contributed by atoms with Crippen molar-refractivity contribution in [3.8, 4) is 0 Å². The van der Waals surface area contributed by atoms with Gasteiger partial charge in [0.25, 0.3) is 5.91 Å². The van der Waals surface area contributed by atoms with Crippen molar-refractivity contribution < 1.29 is 4.79 Å². The van der Waals surface area contributed by atoms with Gasteiger partial charge in [0.05, 0.1) is 0 Å². The number of nitrogens with zero attached hydrogens (tertiary/aromatic N) is 1. The summed E-state index contributed by atoms with van der Waals surface area (Å²) >= 11 is 0. The maximum absolute atomic E-state index is 11.0. The van der Waals surface area contributed by atoms with Gasteiger partial charge in [-0.2, -0.15) is 0 Å². The van der Waals surface area contributed by atoms with E-state index in [0.717, 1.165) is 5.69 Å². The number of anilines is 1. The van der Waals surface area contributed by atoms with E-state index in [0.29, 0.717) is 5.56 Å². The molecule has 0 aliphatic carbocycles. The highest BCUT2D eigenvalue weighted by Crippen LogP contribution is 2.10. The van der Waals surface area contributed by atoms with Crippen LogP contribution in [-0.4, -0.2) is 19.7 Å². The Morgan fingerprint density at radius 1 is 1.58 bits per heavy atom. The average Bonchev–Trinajstić information content (AvgIpc) is 2.17. The number of nitrogens with one attached hydrogen (secondary N) is 1. The third kappa shape index (κ3) is 1.69. The zero-order valence-corrected chi connectivity index (χ0v) is 6.87. The smallest absolute Gasteiger partial charge is 0.276 e. The van der Waals surface area contributed by atoms with Gasteiger partial charge in [0, 0.05) is 18.3 Å². The normalized spacial score (nSPS) is 9.08. The van der Waals surface area contributed by atoms with Gasteiger partial charge in [-0.3, -0.25) is 4.79 Å². The third-order valence-electron chi connectivity index (χ3n) is 1.54. The summed E-state index contributed by atoms with van der Waals surface area (Å²) in [7, 11) is 1.80. The standard InChI is InChI=1S/C9H10N2O/c1-10-8-5-3-4-7(6-8)9(12)11-2/h3-6,10H,2H2,1H3. The summed E-state index contributed by atoms with van der Waals surface area (Å²) in [5, 5.41) is 2.93. The van der Waals surface area contributed by atoms with Crippen molar-refractivity contribution in [3.63, 3.8) is 0 Å². The summed E-state index contributed by atoms with van der Waals surface area (Å²) < 4.78 is 0. The van der Waals surface area contributed by atoms with Crippen LogP contribution in [0.15, 0.2) is 29.3 Å². The molecule has 0 saturated carbocycles. The fourth-order valence-corrected chi connectivity index (χ4v) is 0.899. The van der Waals surface area contributed by atoms with Crippen molar-refractivity contribution in [2.24, 2.45) is 4.99 Å². The van der Waals surface area contributed by atoms with E-state index in [1.165, 1.54) is 0 Å². The molecule has 1 N–H and O–H groups in total. The van der Waals surface area contributed by atoms with Crippen LogP contribution in [0.3, 0.4) is 0 Å². The molecule has 3 heteroatoms. The van der Waals surface area contributed by atoms with Crippen LogP contribution in [0.25, 0.3) is 0 Å². The molecule has 0 fully saturated rings. The maximum atomic E-state index is 11.0. The van der Waals surface area contributed by atoms with Crippen LogP contribution < -0.4 is 5.32 Å². The molecule has 0 aromatic heterocycles. The van der Waals surface area contributed by atoms with Crippen molar-refractivity contribution in [3.05, 3.63) is 29.8 Å². The van der Waals surface area contributed by atoms with Crippen molar-refractivity contribution in [1.82, 2.24) is 0 Å². The molecular weight excluding hydrogens is 152 g/mol. The Balaban J connectivity index is 3.01. The quantitative estimate of drug-likeness (QED) is 0.670. The summed E-state index contributed by atoms with van der Waals surface area (Å²) in [5.41, 5.74) is 1.45. The first-order valence-corrected chi connectivity index (χ1v) is 3.57. The van der Waals surface area contributed by atoms with Gasteiger partial charge in [-0.05, 0) is 24.9 Å². The summed E-state index contributed by atoms with van der Waals surface area (Å²) in [6.07, 6.45) is 0. The fraction of sp³-hybridized carbons (Fsp3) is 0.111. The Hall–Kier alpha value is -1.64. The van der Waals surface area contributed by atoms with Crippen LogP contribution in [0, 0.1) is 0 Å². The zero-order chi connectivity index (χ0) is 8.97. The molecule has 0 atom stereocenters. The van der Waals surface area contributed by atoms with E-state index in [1.807, 2.05) is 6.07 Å². The number of rotatable bonds is 2. The van der Waals surface area contributed by atoms with Gasteiger partial charge in [-0.15, -0.1) is 0 Å². The second-order valence-corrected chi connectivity index (χ2v) is 2.29. The van der Waals surface area contributed by atoms with Crippen molar-refractivity contribution >= 4 is 18.3 Å². The van der Waals surface area contributed by atoms with Crippen LogP contribution in [0.1, 0.15) is 10.4 Å². The first-order valence-electron chi connectivity index (χ1n) is 3.57. The molecule has 1 aromatic rings. The number of carbonyl (C=O) groups excluding carboxylic acids is 1. The first-order chi connectivity index (χ1) is 5.77. The number of amides is 1. The van der Waals surface area contributed by atoms with E-state index >= 15 is 0 Å². The van der Waals surface area contributed by atoms with E-state index in [4.69, 9.17) is 0 Å².